The molecule has 0 saturated heterocycles. The number of benzene rings is 1. The number of rotatable bonds is 10. The van der Waals surface area contributed by atoms with Crippen molar-refractivity contribution in [3.8, 4) is 5.75 Å². The zero-order chi connectivity index (χ0) is 21.5. The summed E-state index contributed by atoms with van der Waals surface area (Å²) in [5, 5.41) is 11.3. The molecule has 28 heavy (non-hydrogen) atoms. The van der Waals surface area contributed by atoms with Crippen LogP contribution in [0.3, 0.4) is 0 Å². The first-order valence-electron chi connectivity index (χ1n) is 10.6. The summed E-state index contributed by atoms with van der Waals surface area (Å²) in [7, 11) is 0. The van der Waals surface area contributed by atoms with Gasteiger partial charge in [0.2, 0.25) is 0 Å². The number of hydrogen-bond donors (Lipinski definition) is 0. The van der Waals surface area contributed by atoms with Gasteiger partial charge < -0.3 is 4.74 Å². The molecular formula is C24H41NO3. The van der Waals surface area contributed by atoms with Crippen LogP contribution in [0.4, 0.5) is 5.69 Å². The molecule has 0 unspecified atom stereocenters. The van der Waals surface area contributed by atoms with Gasteiger partial charge in [-0.1, -0.05) is 73.9 Å². The topological polar surface area (TPSA) is 52.4 Å². The summed E-state index contributed by atoms with van der Waals surface area (Å²) in [5.74, 6) is 1.93. The van der Waals surface area contributed by atoms with Crippen LogP contribution in [0.15, 0.2) is 24.3 Å². The molecule has 4 nitrogen and oxygen atoms in total. The molecule has 0 amide bonds. The molecule has 160 valence electrons. The molecule has 1 aromatic carbocycles. The molecule has 0 bridgehead atoms. The van der Waals surface area contributed by atoms with E-state index in [1.54, 1.807) is 18.2 Å². The van der Waals surface area contributed by atoms with Crippen LogP contribution >= 0.6 is 0 Å². The first kappa shape index (κ1) is 24.5. The highest BCUT2D eigenvalue weighted by molar-refractivity contribution is 5.45. The van der Waals surface area contributed by atoms with Crippen LogP contribution in [0.5, 0.6) is 5.75 Å². The molecule has 3 atom stereocenters. The Balaban J connectivity index is 2.82. The fourth-order valence-corrected chi connectivity index (χ4v) is 4.24. The Morgan fingerprint density at radius 2 is 1.54 bits per heavy atom. The molecule has 0 saturated carbocycles. The largest absolute Gasteiger partial charge is 0.487 e. The zero-order valence-corrected chi connectivity index (χ0v) is 19.2. The number of ether oxygens (including phenoxy) is 1. The van der Waals surface area contributed by atoms with Gasteiger partial charge in [-0.2, -0.15) is 0 Å². The molecule has 0 heterocycles. The Kier molecular flexibility index (Phi) is 8.97. The minimum Gasteiger partial charge on any atom is -0.487 e. The summed E-state index contributed by atoms with van der Waals surface area (Å²) in [6.07, 6.45) is 4.58. The van der Waals surface area contributed by atoms with Gasteiger partial charge in [0.15, 0.2) is 5.75 Å². The van der Waals surface area contributed by atoms with Crippen molar-refractivity contribution < 1.29 is 9.66 Å². The van der Waals surface area contributed by atoms with E-state index in [1.165, 1.54) is 12.5 Å². The van der Waals surface area contributed by atoms with E-state index >= 15 is 0 Å². The quantitative estimate of drug-likeness (QED) is 0.306. The van der Waals surface area contributed by atoms with Crippen molar-refractivity contribution in [1.82, 2.24) is 0 Å². The summed E-state index contributed by atoms with van der Waals surface area (Å²) in [6.45, 7) is 18.8. The number of para-hydroxylation sites is 2. The number of hydrogen-bond acceptors (Lipinski definition) is 3. The van der Waals surface area contributed by atoms with Gasteiger partial charge in [0.25, 0.3) is 0 Å². The lowest BCUT2D eigenvalue weighted by Gasteiger charge is -2.31. The smallest absolute Gasteiger partial charge is 0.310 e. The summed E-state index contributed by atoms with van der Waals surface area (Å²) < 4.78 is 5.99. The average molecular weight is 392 g/mol. The summed E-state index contributed by atoms with van der Waals surface area (Å²) in [6, 6.07) is 6.68. The third-order valence-corrected chi connectivity index (χ3v) is 5.25. The van der Waals surface area contributed by atoms with E-state index in [2.05, 4.69) is 55.4 Å². The minimum absolute atomic E-state index is 0.0471. The SMILES string of the molecule is C[C@H](CC[C@H](COc1ccccc1[N+](=O)[O-])[C@H](C)CC(C)(C)C)CC(C)(C)C. The van der Waals surface area contributed by atoms with E-state index in [1.807, 2.05) is 0 Å². The van der Waals surface area contributed by atoms with Crippen molar-refractivity contribution in [2.24, 2.45) is 28.6 Å². The standard InChI is InChI=1S/C24H41NO3/c1-18(15-23(3,4)5)13-14-20(19(2)16-24(6,7)8)17-28-22-12-10-9-11-21(22)25(26)27/h9-12,18-20H,13-17H2,1-8H3/t18-,19-,20-/m1/s1. The fraction of sp³-hybridized carbons (Fsp3) is 0.750. The van der Waals surface area contributed by atoms with Gasteiger partial charge in [-0.25, -0.2) is 0 Å². The molecule has 0 aliphatic rings. The molecule has 0 aromatic heterocycles. The fourth-order valence-electron chi connectivity index (χ4n) is 4.24. The predicted octanol–water partition coefficient (Wildman–Crippen LogP) is 7.51. The van der Waals surface area contributed by atoms with Gasteiger partial charge in [-0.05, 0) is 53.9 Å². The van der Waals surface area contributed by atoms with E-state index in [4.69, 9.17) is 4.74 Å². The normalized spacial score (nSPS) is 15.7. The van der Waals surface area contributed by atoms with E-state index < -0.39 is 0 Å². The number of nitro groups is 1. The molecule has 4 heteroatoms. The third kappa shape index (κ3) is 9.57. The molecule has 0 aliphatic carbocycles. The van der Waals surface area contributed by atoms with Crippen LogP contribution in [0.2, 0.25) is 0 Å². The monoisotopic (exact) mass is 391 g/mol. The maximum Gasteiger partial charge on any atom is 0.310 e. The summed E-state index contributed by atoms with van der Waals surface area (Å²) in [4.78, 5) is 10.9. The lowest BCUT2D eigenvalue weighted by molar-refractivity contribution is -0.385. The van der Waals surface area contributed by atoms with Gasteiger partial charge in [0, 0.05) is 6.07 Å². The highest BCUT2D eigenvalue weighted by atomic mass is 16.6. The van der Waals surface area contributed by atoms with Gasteiger partial charge in [-0.3, -0.25) is 10.1 Å². The number of nitrogens with zero attached hydrogens (tertiary/aromatic N) is 1. The Hall–Kier alpha value is -1.58. The molecular weight excluding hydrogens is 350 g/mol. The Labute approximate surface area is 172 Å². The molecule has 0 N–H and O–H groups in total. The van der Waals surface area contributed by atoms with E-state index in [9.17, 15) is 10.1 Å². The first-order valence-corrected chi connectivity index (χ1v) is 10.6. The third-order valence-electron chi connectivity index (χ3n) is 5.25. The van der Waals surface area contributed by atoms with Crippen molar-refractivity contribution in [2.75, 3.05) is 6.61 Å². The second-order valence-corrected chi connectivity index (χ2v) is 11.0. The molecule has 1 aromatic rings. The van der Waals surface area contributed by atoms with E-state index in [0.717, 1.165) is 19.3 Å². The number of nitro benzene ring substituents is 1. The second-order valence-electron chi connectivity index (χ2n) is 11.0. The predicted molar refractivity (Wildman–Crippen MR) is 118 cm³/mol. The van der Waals surface area contributed by atoms with Gasteiger partial charge in [0.05, 0.1) is 11.5 Å². The minimum atomic E-state index is -0.367. The molecule has 0 spiro atoms. The first-order chi connectivity index (χ1) is 12.8. The van der Waals surface area contributed by atoms with Crippen LogP contribution in [-0.4, -0.2) is 11.5 Å². The van der Waals surface area contributed by atoms with Crippen LogP contribution in [0.25, 0.3) is 0 Å². The lowest BCUT2D eigenvalue weighted by atomic mass is 9.76. The van der Waals surface area contributed by atoms with Crippen LogP contribution < -0.4 is 4.74 Å². The Morgan fingerprint density at radius 1 is 0.964 bits per heavy atom. The highest BCUT2D eigenvalue weighted by Crippen LogP contribution is 2.35. The van der Waals surface area contributed by atoms with E-state index in [0.29, 0.717) is 35.5 Å². The van der Waals surface area contributed by atoms with Crippen LogP contribution in [0.1, 0.15) is 81.1 Å². The van der Waals surface area contributed by atoms with Crippen molar-refractivity contribution in [3.05, 3.63) is 34.4 Å². The van der Waals surface area contributed by atoms with Gasteiger partial charge in [0.1, 0.15) is 0 Å². The summed E-state index contributed by atoms with van der Waals surface area (Å²) >= 11 is 0. The molecule has 0 aliphatic heterocycles. The highest BCUT2D eigenvalue weighted by Gasteiger charge is 2.26. The van der Waals surface area contributed by atoms with Crippen molar-refractivity contribution >= 4 is 5.69 Å². The lowest BCUT2D eigenvalue weighted by Crippen LogP contribution is -2.25. The molecule has 0 fully saturated rings. The Bertz CT molecular complexity index is 613. The van der Waals surface area contributed by atoms with Crippen LogP contribution in [-0.2, 0) is 0 Å². The average Bonchev–Trinajstić information content (AvgIpc) is 2.51. The maximum absolute atomic E-state index is 11.3. The molecule has 1 rings (SSSR count). The van der Waals surface area contributed by atoms with E-state index in [-0.39, 0.29) is 16.0 Å². The van der Waals surface area contributed by atoms with Crippen molar-refractivity contribution in [1.29, 1.82) is 0 Å². The second kappa shape index (κ2) is 10.3. The molecule has 0 radical (unpaired) electrons. The summed E-state index contributed by atoms with van der Waals surface area (Å²) in [5.41, 5.74) is 0.645. The van der Waals surface area contributed by atoms with Gasteiger partial charge in [-0.15, -0.1) is 0 Å². The van der Waals surface area contributed by atoms with Crippen molar-refractivity contribution in [3.63, 3.8) is 0 Å². The maximum atomic E-state index is 11.3. The zero-order valence-electron chi connectivity index (χ0n) is 19.2. The van der Waals surface area contributed by atoms with Crippen molar-refractivity contribution in [2.45, 2.75) is 81.1 Å². The van der Waals surface area contributed by atoms with Gasteiger partial charge >= 0.3 is 5.69 Å². The Morgan fingerprint density at radius 3 is 2.07 bits per heavy atom. The van der Waals surface area contributed by atoms with Crippen LogP contribution in [0, 0.1) is 38.7 Å².